The largest absolute Gasteiger partial charge is 1.00 e. The fraction of sp³-hybridized carbons (Fsp3) is 0.533. The van der Waals surface area contributed by atoms with Gasteiger partial charge in [-0.15, -0.1) is 0 Å². The van der Waals surface area contributed by atoms with Crippen LogP contribution in [0.15, 0.2) is 30.6 Å². The van der Waals surface area contributed by atoms with Gasteiger partial charge in [0, 0.05) is 6.42 Å². The van der Waals surface area contributed by atoms with Crippen molar-refractivity contribution in [3.63, 3.8) is 0 Å². The summed E-state index contributed by atoms with van der Waals surface area (Å²) in [4.78, 5) is 0. The lowest BCUT2D eigenvalue weighted by Gasteiger charge is -2.05. The van der Waals surface area contributed by atoms with Crippen LogP contribution in [0, 0.1) is 0 Å². The van der Waals surface area contributed by atoms with Gasteiger partial charge >= 0.3 is 0 Å². The molecular weight excluding hydrogens is 304 g/mol. The van der Waals surface area contributed by atoms with E-state index < -0.39 is 6.23 Å². The minimum Gasteiger partial charge on any atom is -1.00 e. The van der Waals surface area contributed by atoms with Gasteiger partial charge in [-0.05, 0) is 25.0 Å². The Morgan fingerprint density at radius 3 is 2.63 bits per heavy atom. The molecule has 0 saturated heterocycles. The molecule has 2 aromatic rings. The fourth-order valence-corrected chi connectivity index (χ4v) is 2.34. The third-order valence-corrected chi connectivity index (χ3v) is 3.35. The van der Waals surface area contributed by atoms with E-state index >= 15 is 0 Å². The number of hydrogen-bond donors (Lipinski definition) is 1. The Kier molecular flexibility index (Phi) is 6.52. The average molecular weight is 327 g/mol. The first-order valence-electron chi connectivity index (χ1n) is 6.95. The Morgan fingerprint density at radius 1 is 1.21 bits per heavy atom. The number of halogens is 1. The van der Waals surface area contributed by atoms with Gasteiger partial charge in [-0.25, -0.2) is 9.13 Å². The van der Waals surface area contributed by atoms with Gasteiger partial charge in [-0.1, -0.05) is 32.4 Å². The van der Waals surface area contributed by atoms with E-state index in [9.17, 15) is 5.11 Å². The molecule has 0 aliphatic carbocycles. The average Bonchev–Trinajstić information content (AvgIpc) is 2.76. The molecule has 3 nitrogen and oxygen atoms in total. The van der Waals surface area contributed by atoms with Crippen LogP contribution in [0.3, 0.4) is 0 Å². The normalized spacial score (nSPS) is 12.4. The van der Waals surface area contributed by atoms with E-state index in [4.69, 9.17) is 0 Å². The molecular formula is C15H23BrN2O. The summed E-state index contributed by atoms with van der Waals surface area (Å²) in [5, 5.41) is 10.2. The van der Waals surface area contributed by atoms with Gasteiger partial charge in [0.15, 0.2) is 17.3 Å². The van der Waals surface area contributed by atoms with E-state index in [1.54, 1.807) is 0 Å². The van der Waals surface area contributed by atoms with E-state index in [1.165, 1.54) is 18.4 Å². The first kappa shape index (κ1) is 16.2. The summed E-state index contributed by atoms with van der Waals surface area (Å²) in [5.74, 6) is 0. The summed E-state index contributed by atoms with van der Waals surface area (Å²) in [6, 6.07) is 8.29. The summed E-state index contributed by atoms with van der Waals surface area (Å²) in [6.45, 7) is 5.31. The lowest BCUT2D eigenvalue weighted by Crippen LogP contribution is -3.00. The second-order valence-corrected chi connectivity index (χ2v) is 4.83. The summed E-state index contributed by atoms with van der Waals surface area (Å²) < 4.78 is 4.24. The van der Waals surface area contributed by atoms with Crippen molar-refractivity contribution in [1.29, 1.82) is 0 Å². The molecule has 106 valence electrons. The molecule has 1 atom stereocenters. The number of aryl methyl sites for hydroxylation is 1. The zero-order valence-electron chi connectivity index (χ0n) is 11.7. The van der Waals surface area contributed by atoms with E-state index in [1.807, 2.05) is 10.6 Å². The van der Waals surface area contributed by atoms with E-state index in [0.717, 1.165) is 24.9 Å². The molecule has 0 bridgehead atoms. The van der Waals surface area contributed by atoms with Gasteiger partial charge in [-0.2, -0.15) is 0 Å². The summed E-state index contributed by atoms with van der Waals surface area (Å²) >= 11 is 0. The van der Waals surface area contributed by atoms with Crippen molar-refractivity contribution in [3.05, 3.63) is 30.6 Å². The predicted octanol–water partition coefficient (Wildman–Crippen LogP) is 0.0239. The van der Waals surface area contributed by atoms with Gasteiger partial charge in [0.2, 0.25) is 6.33 Å². The molecule has 0 aliphatic heterocycles. The maximum atomic E-state index is 10.2. The van der Waals surface area contributed by atoms with Crippen LogP contribution in [-0.4, -0.2) is 9.67 Å². The van der Waals surface area contributed by atoms with Crippen LogP contribution in [0.25, 0.3) is 11.0 Å². The molecule has 0 radical (unpaired) electrons. The van der Waals surface area contributed by atoms with Crippen molar-refractivity contribution < 1.29 is 26.7 Å². The summed E-state index contributed by atoms with van der Waals surface area (Å²) in [6.07, 6.45) is 5.78. The second-order valence-electron chi connectivity index (χ2n) is 4.83. The van der Waals surface area contributed by atoms with Crippen molar-refractivity contribution in [1.82, 2.24) is 4.57 Å². The van der Waals surface area contributed by atoms with Gasteiger partial charge < -0.3 is 22.1 Å². The van der Waals surface area contributed by atoms with Crippen molar-refractivity contribution >= 4 is 11.0 Å². The summed E-state index contributed by atoms with van der Waals surface area (Å²) in [7, 11) is 0. The third-order valence-electron chi connectivity index (χ3n) is 3.35. The molecule has 2 rings (SSSR count). The number of fused-ring (bicyclic) bond motifs is 1. The van der Waals surface area contributed by atoms with Crippen LogP contribution in [0.4, 0.5) is 0 Å². The zero-order valence-corrected chi connectivity index (χ0v) is 13.3. The number of imidazole rings is 1. The molecule has 1 aromatic heterocycles. The van der Waals surface area contributed by atoms with Crippen molar-refractivity contribution in [2.24, 2.45) is 0 Å². The lowest BCUT2D eigenvalue weighted by atomic mass is 10.2. The van der Waals surface area contributed by atoms with Crippen molar-refractivity contribution in [2.75, 3.05) is 0 Å². The molecule has 1 N–H and O–H groups in total. The minimum atomic E-state index is -0.414. The molecule has 4 heteroatoms. The van der Waals surface area contributed by atoms with Crippen molar-refractivity contribution in [3.8, 4) is 0 Å². The number of aromatic nitrogens is 2. The van der Waals surface area contributed by atoms with Crippen LogP contribution in [-0.2, 0) is 6.54 Å². The maximum absolute atomic E-state index is 10.2. The molecule has 0 amide bonds. The van der Waals surface area contributed by atoms with Crippen molar-refractivity contribution in [2.45, 2.75) is 52.3 Å². The fourth-order valence-electron chi connectivity index (χ4n) is 2.34. The molecule has 1 heterocycles. The van der Waals surface area contributed by atoms with Crippen LogP contribution in [0.1, 0.15) is 45.8 Å². The van der Waals surface area contributed by atoms with Crippen LogP contribution >= 0.6 is 0 Å². The number of unbranched alkanes of at least 4 members (excludes halogenated alkanes) is 1. The summed E-state index contributed by atoms with van der Waals surface area (Å²) in [5.41, 5.74) is 2.33. The number of nitrogens with zero attached hydrogens (tertiary/aromatic N) is 2. The van der Waals surface area contributed by atoms with Crippen LogP contribution in [0.5, 0.6) is 0 Å². The Labute approximate surface area is 125 Å². The Bertz CT molecular complexity index is 510. The van der Waals surface area contributed by atoms with Crippen LogP contribution in [0.2, 0.25) is 0 Å². The molecule has 0 fully saturated rings. The van der Waals surface area contributed by atoms with Gasteiger partial charge in [0.05, 0.1) is 6.54 Å². The SMILES string of the molecule is CCCC[n+]1cn(C(O)CCC)c2ccccc21.[Br-]. The van der Waals surface area contributed by atoms with Gasteiger partial charge in [0.25, 0.3) is 0 Å². The van der Waals surface area contributed by atoms with Crippen LogP contribution < -0.4 is 21.5 Å². The number of aliphatic hydroxyl groups excluding tert-OH is 1. The number of benzene rings is 1. The Morgan fingerprint density at radius 2 is 1.95 bits per heavy atom. The lowest BCUT2D eigenvalue weighted by molar-refractivity contribution is -0.673. The highest BCUT2D eigenvalue weighted by Crippen LogP contribution is 2.18. The maximum Gasteiger partial charge on any atom is 0.246 e. The highest BCUT2D eigenvalue weighted by molar-refractivity contribution is 5.71. The molecule has 0 spiro atoms. The molecule has 1 aromatic carbocycles. The molecule has 1 unspecified atom stereocenters. The molecule has 0 aliphatic rings. The minimum absolute atomic E-state index is 0. The predicted molar refractivity (Wildman–Crippen MR) is 73.2 cm³/mol. The monoisotopic (exact) mass is 326 g/mol. The smallest absolute Gasteiger partial charge is 0.246 e. The second kappa shape index (κ2) is 7.65. The third kappa shape index (κ3) is 3.57. The number of hydrogen-bond acceptors (Lipinski definition) is 1. The highest BCUT2D eigenvalue weighted by Gasteiger charge is 2.19. The molecule has 0 saturated carbocycles. The molecule has 19 heavy (non-hydrogen) atoms. The topological polar surface area (TPSA) is 29.0 Å². The Balaban J connectivity index is 0.00000180. The van der Waals surface area contributed by atoms with E-state index in [2.05, 4.69) is 42.9 Å². The highest BCUT2D eigenvalue weighted by atomic mass is 79.9. The zero-order chi connectivity index (χ0) is 13.0. The quantitative estimate of drug-likeness (QED) is 0.745. The van der Waals surface area contributed by atoms with Gasteiger partial charge in [-0.3, -0.25) is 0 Å². The first-order valence-corrected chi connectivity index (χ1v) is 6.95. The Hall–Kier alpha value is -0.870. The number of para-hydroxylation sites is 2. The first-order chi connectivity index (χ1) is 8.77. The standard InChI is InChI=1S/C15H23N2O.BrH/c1-3-5-11-16-12-17(15(18)8-4-2)14-10-7-6-9-13(14)16;/h6-7,9-10,12,15,18H,3-5,8,11H2,1-2H3;1H/q+1;/p-1. The van der Waals surface area contributed by atoms with E-state index in [0.29, 0.717) is 0 Å². The van der Waals surface area contributed by atoms with E-state index in [-0.39, 0.29) is 17.0 Å². The van der Waals surface area contributed by atoms with Gasteiger partial charge in [0.1, 0.15) is 0 Å². The number of rotatable bonds is 6. The number of aliphatic hydroxyl groups is 1.